The van der Waals surface area contributed by atoms with Crippen LogP contribution in [0.3, 0.4) is 0 Å². The Morgan fingerprint density at radius 1 is 1.03 bits per heavy atom. The Morgan fingerprint density at radius 3 is 2.47 bits per heavy atom. The van der Waals surface area contributed by atoms with Crippen LogP contribution in [-0.4, -0.2) is 43.6 Å². The number of likely N-dealkylation sites (tertiary alicyclic amines) is 1. The number of carbonyl (C=O) groups is 1. The van der Waals surface area contributed by atoms with Gasteiger partial charge >= 0.3 is 0 Å². The summed E-state index contributed by atoms with van der Waals surface area (Å²) in [5.74, 6) is 2.19. The van der Waals surface area contributed by atoms with Gasteiger partial charge in [-0.1, -0.05) is 60.3 Å². The summed E-state index contributed by atoms with van der Waals surface area (Å²) in [5.41, 5.74) is 2.98. The molecule has 2 aromatic carbocycles. The number of hydrogen-bond donors (Lipinski definition) is 0. The quantitative estimate of drug-likeness (QED) is 0.324. The van der Waals surface area contributed by atoms with Gasteiger partial charge in [0, 0.05) is 24.2 Å². The van der Waals surface area contributed by atoms with Crippen LogP contribution in [0.1, 0.15) is 39.7 Å². The number of aryl methyl sites for hydroxylation is 1. The maximum Gasteiger partial charge on any atom is 0.273 e. The van der Waals surface area contributed by atoms with E-state index in [9.17, 15) is 4.79 Å². The molecule has 3 heterocycles. The van der Waals surface area contributed by atoms with Crippen molar-refractivity contribution in [1.82, 2.24) is 24.6 Å². The third-order valence-electron chi connectivity index (χ3n) is 6.17. The van der Waals surface area contributed by atoms with Crippen molar-refractivity contribution >= 4 is 29.0 Å². The summed E-state index contributed by atoms with van der Waals surface area (Å²) in [5, 5.41) is 12.2. The van der Waals surface area contributed by atoms with Crippen molar-refractivity contribution in [2.75, 3.05) is 13.1 Å². The van der Waals surface area contributed by atoms with Crippen LogP contribution >= 0.6 is 23.1 Å². The van der Waals surface area contributed by atoms with Gasteiger partial charge < -0.3 is 4.90 Å². The largest absolute Gasteiger partial charge is 0.337 e. The number of carbonyl (C=O) groups excluding carboxylic acids is 1. The third kappa shape index (κ3) is 5.23. The Balaban J connectivity index is 1.16. The first-order chi connectivity index (χ1) is 16.7. The lowest BCUT2D eigenvalue weighted by atomic mass is 9.90. The Morgan fingerprint density at radius 2 is 1.74 bits per heavy atom. The molecule has 0 aliphatic carbocycles. The second-order valence-electron chi connectivity index (χ2n) is 8.54. The van der Waals surface area contributed by atoms with Gasteiger partial charge in [0.25, 0.3) is 5.91 Å². The van der Waals surface area contributed by atoms with E-state index in [2.05, 4.69) is 45.5 Å². The molecule has 174 valence electrons. The highest BCUT2D eigenvalue weighted by molar-refractivity contribution is 7.98. The zero-order chi connectivity index (χ0) is 23.3. The zero-order valence-electron chi connectivity index (χ0n) is 19.1. The van der Waals surface area contributed by atoms with Crippen molar-refractivity contribution in [2.45, 2.75) is 37.1 Å². The van der Waals surface area contributed by atoms with Crippen LogP contribution in [0.4, 0.5) is 0 Å². The van der Waals surface area contributed by atoms with E-state index in [4.69, 9.17) is 0 Å². The monoisotopic (exact) mass is 489 g/mol. The van der Waals surface area contributed by atoms with Gasteiger partial charge in [0.2, 0.25) is 0 Å². The zero-order valence-corrected chi connectivity index (χ0v) is 20.8. The number of nitrogens with zero attached hydrogens (tertiary/aromatic N) is 5. The summed E-state index contributed by atoms with van der Waals surface area (Å²) in [6.45, 7) is 3.56. The highest BCUT2D eigenvalue weighted by atomic mass is 32.2. The fourth-order valence-electron chi connectivity index (χ4n) is 4.36. The summed E-state index contributed by atoms with van der Waals surface area (Å²) < 4.78 is 2.05. The molecule has 34 heavy (non-hydrogen) atoms. The highest BCUT2D eigenvalue weighted by Gasteiger charge is 2.25. The van der Waals surface area contributed by atoms with Crippen molar-refractivity contribution in [3.8, 4) is 5.69 Å². The van der Waals surface area contributed by atoms with E-state index in [0.29, 0.717) is 17.4 Å². The third-order valence-corrected chi connectivity index (χ3v) is 8.15. The van der Waals surface area contributed by atoms with E-state index in [1.54, 1.807) is 11.8 Å². The number of benzene rings is 2. The molecule has 8 heteroatoms. The fourth-order valence-corrected chi connectivity index (χ4v) is 6.15. The van der Waals surface area contributed by atoms with Crippen LogP contribution in [-0.2, 0) is 12.2 Å². The van der Waals surface area contributed by atoms with Gasteiger partial charge in [0.1, 0.15) is 16.5 Å². The van der Waals surface area contributed by atoms with E-state index < -0.39 is 0 Å². The van der Waals surface area contributed by atoms with Crippen LogP contribution < -0.4 is 0 Å². The molecule has 5 rings (SSSR count). The normalized spacial score (nSPS) is 14.4. The second-order valence-corrected chi connectivity index (χ2v) is 10.4. The minimum atomic E-state index is 0.0500. The first-order valence-corrected chi connectivity index (χ1v) is 13.4. The van der Waals surface area contributed by atoms with E-state index in [0.717, 1.165) is 54.0 Å². The molecule has 2 aromatic heterocycles. The maximum atomic E-state index is 13.0. The van der Waals surface area contributed by atoms with Crippen molar-refractivity contribution in [2.24, 2.45) is 5.92 Å². The molecule has 0 saturated carbocycles. The molecule has 4 aromatic rings. The molecule has 0 spiro atoms. The van der Waals surface area contributed by atoms with Crippen LogP contribution in [0.15, 0.2) is 71.2 Å². The lowest BCUT2D eigenvalue weighted by Gasteiger charge is -2.31. The van der Waals surface area contributed by atoms with Gasteiger partial charge in [-0.2, -0.15) is 0 Å². The Hall–Kier alpha value is -2.97. The number of rotatable bonds is 7. The molecular weight excluding hydrogens is 462 g/mol. The summed E-state index contributed by atoms with van der Waals surface area (Å²) in [6.07, 6.45) is 3.18. The molecule has 1 amide bonds. The summed E-state index contributed by atoms with van der Waals surface area (Å²) in [6, 6.07) is 20.7. The number of para-hydroxylation sites is 1. The lowest BCUT2D eigenvalue weighted by Crippen LogP contribution is -2.39. The van der Waals surface area contributed by atoms with Crippen LogP contribution in [0, 0.1) is 12.8 Å². The molecule has 0 unspecified atom stereocenters. The number of thioether (sulfide) groups is 1. The average molecular weight is 490 g/mol. The van der Waals surface area contributed by atoms with Gasteiger partial charge in [-0.25, -0.2) is 4.98 Å². The van der Waals surface area contributed by atoms with Gasteiger partial charge in [-0.05, 0) is 49.8 Å². The SMILES string of the molecule is Cc1nnc(SCc2nc(C(=O)N3CCC(Cc4ccccc4)CC3)cs2)n1-c1ccccc1. The molecule has 1 aliphatic rings. The molecule has 1 saturated heterocycles. The summed E-state index contributed by atoms with van der Waals surface area (Å²) >= 11 is 3.13. The molecule has 0 N–H and O–H groups in total. The van der Waals surface area contributed by atoms with Crippen LogP contribution in [0.25, 0.3) is 5.69 Å². The van der Waals surface area contributed by atoms with E-state index in [1.165, 1.54) is 16.9 Å². The predicted molar refractivity (Wildman–Crippen MR) is 137 cm³/mol. The van der Waals surface area contributed by atoms with Crippen molar-refractivity contribution in [3.63, 3.8) is 0 Å². The first-order valence-electron chi connectivity index (χ1n) is 11.5. The maximum absolute atomic E-state index is 13.0. The number of piperidine rings is 1. The topological polar surface area (TPSA) is 63.9 Å². The van der Waals surface area contributed by atoms with Crippen molar-refractivity contribution in [1.29, 1.82) is 0 Å². The van der Waals surface area contributed by atoms with Crippen LogP contribution in [0.5, 0.6) is 0 Å². The van der Waals surface area contributed by atoms with Gasteiger partial charge in [-0.3, -0.25) is 9.36 Å². The summed E-state index contributed by atoms with van der Waals surface area (Å²) in [4.78, 5) is 19.6. The molecular formula is C26H27N5OS2. The van der Waals surface area contributed by atoms with Crippen molar-refractivity contribution < 1.29 is 4.79 Å². The van der Waals surface area contributed by atoms with E-state index in [1.807, 2.05) is 52.1 Å². The Bertz CT molecular complexity index is 1230. The second kappa shape index (κ2) is 10.5. The molecule has 1 fully saturated rings. The molecule has 6 nitrogen and oxygen atoms in total. The Kier molecular flexibility index (Phi) is 7.06. The van der Waals surface area contributed by atoms with Gasteiger partial charge in [0.15, 0.2) is 5.16 Å². The number of amides is 1. The molecule has 0 atom stereocenters. The minimum Gasteiger partial charge on any atom is -0.337 e. The Labute approximate surface area is 208 Å². The highest BCUT2D eigenvalue weighted by Crippen LogP contribution is 2.27. The van der Waals surface area contributed by atoms with Gasteiger partial charge in [-0.15, -0.1) is 21.5 Å². The fraction of sp³-hybridized carbons (Fsp3) is 0.308. The summed E-state index contributed by atoms with van der Waals surface area (Å²) in [7, 11) is 0. The van der Waals surface area contributed by atoms with Crippen LogP contribution in [0.2, 0.25) is 0 Å². The predicted octanol–water partition coefficient (Wildman–Crippen LogP) is 5.42. The van der Waals surface area contributed by atoms with E-state index in [-0.39, 0.29) is 5.91 Å². The van der Waals surface area contributed by atoms with Gasteiger partial charge in [0.05, 0.1) is 5.75 Å². The molecule has 1 aliphatic heterocycles. The standard InChI is InChI=1S/C26H27N5OS2/c1-19-28-29-26(31(19)22-10-6-3-7-11-22)34-18-24-27-23(17-33-24)25(32)30-14-12-21(13-15-30)16-20-8-4-2-5-9-20/h2-11,17,21H,12-16,18H2,1H3. The van der Waals surface area contributed by atoms with E-state index >= 15 is 0 Å². The average Bonchev–Trinajstić information content (AvgIpc) is 3.50. The smallest absolute Gasteiger partial charge is 0.273 e. The molecule has 0 bridgehead atoms. The number of thiazole rings is 1. The lowest BCUT2D eigenvalue weighted by molar-refractivity contribution is 0.0685. The number of aromatic nitrogens is 4. The van der Waals surface area contributed by atoms with Crippen molar-refractivity contribution in [3.05, 3.63) is 88.1 Å². The number of hydrogen-bond acceptors (Lipinski definition) is 6. The molecule has 0 radical (unpaired) electrons. The minimum absolute atomic E-state index is 0.0500. The first kappa shape index (κ1) is 22.8.